The second kappa shape index (κ2) is 7.15. The highest BCUT2D eigenvalue weighted by atomic mass is 16.5. The molecule has 0 bridgehead atoms. The average Bonchev–Trinajstić information content (AvgIpc) is 3.23. The number of fused-ring (bicyclic) bond motifs is 3. The molecule has 2 aromatic heterocycles. The summed E-state index contributed by atoms with van der Waals surface area (Å²) in [5, 5.41) is 12.4. The van der Waals surface area contributed by atoms with E-state index in [9.17, 15) is 0 Å². The maximum absolute atomic E-state index is 5.43. The van der Waals surface area contributed by atoms with E-state index in [-0.39, 0.29) is 0 Å². The minimum atomic E-state index is 0.529. The van der Waals surface area contributed by atoms with Gasteiger partial charge in [0.15, 0.2) is 17.3 Å². The minimum absolute atomic E-state index is 0.529. The molecule has 0 saturated heterocycles. The lowest BCUT2D eigenvalue weighted by Gasteiger charge is -2.15. The number of hydrogen-bond donors (Lipinski definition) is 2. The summed E-state index contributed by atoms with van der Waals surface area (Å²) >= 11 is 0. The Bertz CT molecular complexity index is 1130. The van der Waals surface area contributed by atoms with Crippen molar-refractivity contribution in [1.82, 2.24) is 15.2 Å². The minimum Gasteiger partial charge on any atom is -0.497 e. The number of benzene rings is 2. The van der Waals surface area contributed by atoms with E-state index in [1.54, 1.807) is 34.6 Å². The molecule has 2 aromatic carbocycles. The van der Waals surface area contributed by atoms with Gasteiger partial charge < -0.3 is 24.3 Å². The van der Waals surface area contributed by atoms with Crippen molar-refractivity contribution in [2.24, 2.45) is 0 Å². The fourth-order valence-corrected chi connectivity index (χ4v) is 3.18. The molecular formula is C20H20N4O4. The summed E-state index contributed by atoms with van der Waals surface area (Å²) in [4.78, 5) is 4.75. The number of rotatable bonds is 6. The topological polar surface area (TPSA) is 90.5 Å². The summed E-state index contributed by atoms with van der Waals surface area (Å²) in [7, 11) is 6.37. The third-order valence-corrected chi connectivity index (χ3v) is 4.53. The Kier molecular flexibility index (Phi) is 4.52. The van der Waals surface area contributed by atoms with Gasteiger partial charge in [0.25, 0.3) is 0 Å². The normalized spacial score (nSPS) is 10.9. The van der Waals surface area contributed by atoms with Gasteiger partial charge in [-0.05, 0) is 18.2 Å². The van der Waals surface area contributed by atoms with Gasteiger partial charge in [-0.1, -0.05) is 0 Å². The molecule has 0 atom stereocenters. The summed E-state index contributed by atoms with van der Waals surface area (Å²) < 4.78 is 21.6. The number of pyridine rings is 1. The van der Waals surface area contributed by atoms with Crippen LogP contribution in [0.15, 0.2) is 36.5 Å². The van der Waals surface area contributed by atoms with Crippen LogP contribution >= 0.6 is 0 Å². The average molecular weight is 380 g/mol. The van der Waals surface area contributed by atoms with Crippen molar-refractivity contribution in [1.29, 1.82) is 0 Å². The van der Waals surface area contributed by atoms with Gasteiger partial charge >= 0.3 is 0 Å². The Morgan fingerprint density at radius 1 is 0.857 bits per heavy atom. The highest BCUT2D eigenvalue weighted by Gasteiger charge is 2.16. The van der Waals surface area contributed by atoms with E-state index in [4.69, 9.17) is 23.9 Å². The van der Waals surface area contributed by atoms with E-state index in [1.165, 1.54) is 0 Å². The molecule has 0 spiro atoms. The number of methoxy groups -OCH3 is 4. The Hall–Kier alpha value is -3.68. The van der Waals surface area contributed by atoms with Crippen molar-refractivity contribution in [3.05, 3.63) is 36.5 Å². The number of nitrogens with one attached hydrogen (secondary N) is 2. The zero-order valence-corrected chi connectivity index (χ0v) is 16.0. The molecule has 144 valence electrons. The first-order chi connectivity index (χ1) is 13.7. The van der Waals surface area contributed by atoms with Gasteiger partial charge in [0.1, 0.15) is 11.3 Å². The smallest absolute Gasteiger partial charge is 0.203 e. The molecule has 0 aliphatic heterocycles. The van der Waals surface area contributed by atoms with E-state index < -0.39 is 0 Å². The number of nitrogens with zero attached hydrogens (tertiary/aromatic N) is 2. The molecule has 0 radical (unpaired) electrons. The molecule has 28 heavy (non-hydrogen) atoms. The van der Waals surface area contributed by atoms with E-state index in [1.807, 2.05) is 30.3 Å². The summed E-state index contributed by atoms with van der Waals surface area (Å²) in [6.45, 7) is 0. The van der Waals surface area contributed by atoms with Crippen LogP contribution in [0, 0.1) is 0 Å². The quantitative estimate of drug-likeness (QED) is 0.524. The second-order valence-electron chi connectivity index (χ2n) is 6.04. The van der Waals surface area contributed by atoms with Gasteiger partial charge in [-0.15, -0.1) is 0 Å². The second-order valence-corrected chi connectivity index (χ2v) is 6.04. The Morgan fingerprint density at radius 2 is 1.61 bits per heavy atom. The Labute approximate surface area is 161 Å². The fraction of sp³-hybridized carbons (Fsp3) is 0.200. The summed E-state index contributed by atoms with van der Waals surface area (Å²) in [5.41, 5.74) is 2.35. The van der Waals surface area contributed by atoms with E-state index in [0.29, 0.717) is 23.1 Å². The van der Waals surface area contributed by atoms with Gasteiger partial charge in [-0.2, -0.15) is 5.10 Å². The first-order valence-electron chi connectivity index (χ1n) is 8.56. The molecule has 0 saturated carbocycles. The van der Waals surface area contributed by atoms with Crippen LogP contribution in [0.2, 0.25) is 0 Å². The number of aromatic nitrogens is 3. The fourth-order valence-electron chi connectivity index (χ4n) is 3.18. The summed E-state index contributed by atoms with van der Waals surface area (Å²) in [6, 6.07) is 9.39. The van der Waals surface area contributed by atoms with E-state index in [0.717, 1.165) is 33.2 Å². The third kappa shape index (κ3) is 2.88. The molecule has 0 fully saturated rings. The molecule has 8 heteroatoms. The van der Waals surface area contributed by atoms with Crippen molar-refractivity contribution in [3.8, 4) is 23.0 Å². The number of anilines is 2. The molecule has 0 aliphatic rings. The van der Waals surface area contributed by atoms with Gasteiger partial charge in [0.05, 0.1) is 40.2 Å². The lowest BCUT2D eigenvalue weighted by molar-refractivity contribution is 0.324. The van der Waals surface area contributed by atoms with Gasteiger partial charge in [0.2, 0.25) is 5.75 Å². The standard InChI is InChI=1S/C20H20N4O4/c1-25-12-5-6-15-13(9-12)14-10-21-24-18(14)20(23-15)22-11-7-16(26-2)19(28-4)17(8-11)27-3/h5-10H,1-4H3,(H,21,24)(H,22,23). The molecule has 8 nitrogen and oxygen atoms in total. The molecule has 4 rings (SSSR count). The van der Waals surface area contributed by atoms with Crippen LogP contribution in [-0.4, -0.2) is 43.6 Å². The predicted molar refractivity (Wildman–Crippen MR) is 107 cm³/mol. The highest BCUT2D eigenvalue weighted by Crippen LogP contribution is 2.41. The van der Waals surface area contributed by atoms with Gasteiger partial charge in [0, 0.05) is 28.6 Å². The first-order valence-corrected chi connectivity index (χ1v) is 8.56. The van der Waals surface area contributed by atoms with Crippen LogP contribution in [0.3, 0.4) is 0 Å². The molecule has 0 unspecified atom stereocenters. The zero-order valence-electron chi connectivity index (χ0n) is 16.0. The molecule has 0 amide bonds. The number of aromatic amines is 1. The summed E-state index contributed by atoms with van der Waals surface area (Å²) in [6.07, 6.45) is 1.78. The number of ether oxygens (including phenoxy) is 4. The molecule has 2 heterocycles. The summed E-state index contributed by atoms with van der Waals surface area (Å²) in [5.74, 6) is 3.04. The monoisotopic (exact) mass is 380 g/mol. The molecule has 0 aliphatic carbocycles. The van der Waals surface area contributed by atoms with Crippen LogP contribution < -0.4 is 24.3 Å². The van der Waals surface area contributed by atoms with Crippen molar-refractivity contribution >= 4 is 33.3 Å². The van der Waals surface area contributed by atoms with Gasteiger partial charge in [-0.3, -0.25) is 5.10 Å². The van der Waals surface area contributed by atoms with Crippen molar-refractivity contribution in [3.63, 3.8) is 0 Å². The van der Waals surface area contributed by atoms with Crippen molar-refractivity contribution in [2.75, 3.05) is 33.8 Å². The van der Waals surface area contributed by atoms with E-state index >= 15 is 0 Å². The highest BCUT2D eigenvalue weighted by molar-refractivity contribution is 6.09. The van der Waals surface area contributed by atoms with Crippen LogP contribution in [0.25, 0.3) is 21.8 Å². The van der Waals surface area contributed by atoms with Gasteiger partial charge in [-0.25, -0.2) is 4.98 Å². The number of H-pyrrole nitrogens is 1. The van der Waals surface area contributed by atoms with Crippen molar-refractivity contribution in [2.45, 2.75) is 0 Å². The van der Waals surface area contributed by atoms with Crippen LogP contribution in [0.1, 0.15) is 0 Å². The molecular weight excluding hydrogens is 360 g/mol. The third-order valence-electron chi connectivity index (χ3n) is 4.53. The lowest BCUT2D eigenvalue weighted by atomic mass is 10.1. The Morgan fingerprint density at radius 3 is 2.25 bits per heavy atom. The predicted octanol–water partition coefficient (Wildman–Crippen LogP) is 3.89. The largest absolute Gasteiger partial charge is 0.497 e. The first kappa shape index (κ1) is 17.7. The van der Waals surface area contributed by atoms with Crippen LogP contribution in [-0.2, 0) is 0 Å². The Balaban J connectivity index is 1.85. The van der Waals surface area contributed by atoms with Crippen LogP contribution in [0.5, 0.6) is 23.0 Å². The lowest BCUT2D eigenvalue weighted by Crippen LogP contribution is -2.00. The zero-order chi connectivity index (χ0) is 19.7. The van der Waals surface area contributed by atoms with Crippen molar-refractivity contribution < 1.29 is 18.9 Å². The maximum Gasteiger partial charge on any atom is 0.203 e. The SMILES string of the molecule is COc1ccc2nc(Nc3cc(OC)c(OC)c(OC)c3)c3[nH]ncc3c2c1. The number of hydrogen-bond acceptors (Lipinski definition) is 7. The van der Waals surface area contributed by atoms with E-state index in [2.05, 4.69) is 15.5 Å². The molecule has 2 N–H and O–H groups in total. The van der Waals surface area contributed by atoms with Crippen LogP contribution in [0.4, 0.5) is 11.5 Å². The molecule has 4 aromatic rings. The maximum atomic E-state index is 5.43.